The van der Waals surface area contributed by atoms with Gasteiger partial charge in [-0.15, -0.1) is 6.42 Å². The fourth-order valence-electron chi connectivity index (χ4n) is 0.729. The van der Waals surface area contributed by atoms with Gasteiger partial charge in [0.15, 0.2) is 0 Å². The van der Waals surface area contributed by atoms with E-state index in [1.165, 1.54) is 0 Å². The van der Waals surface area contributed by atoms with Gasteiger partial charge in [-0.05, 0) is 24.6 Å². The molecule has 2 heteroatoms. The van der Waals surface area contributed by atoms with Crippen LogP contribution in [0.2, 0.25) is 10.0 Å². The summed E-state index contributed by atoms with van der Waals surface area (Å²) in [6, 6.07) is 3.45. The molecule has 0 saturated heterocycles. The van der Waals surface area contributed by atoms with E-state index in [4.69, 9.17) is 29.6 Å². The van der Waals surface area contributed by atoms with Gasteiger partial charge in [-0.25, -0.2) is 0 Å². The fraction of sp³-hybridized carbons (Fsp3) is 0.273. The molecule has 13 heavy (non-hydrogen) atoms. The Bertz CT molecular complexity index is 298. The summed E-state index contributed by atoms with van der Waals surface area (Å²) in [4.78, 5) is 0. The third kappa shape index (κ3) is 3.30. The Morgan fingerprint density at radius 2 is 1.54 bits per heavy atom. The lowest BCUT2D eigenvalue weighted by molar-refractivity contribution is 1.46. The average molecular weight is 215 g/mol. The molecule has 1 aromatic carbocycles. The Labute approximate surface area is 89.9 Å². The van der Waals surface area contributed by atoms with Crippen LogP contribution < -0.4 is 0 Å². The summed E-state index contributed by atoms with van der Waals surface area (Å²) in [6.45, 7) is 5.85. The third-order valence-corrected chi connectivity index (χ3v) is 2.23. The minimum atomic E-state index is 0.616. The van der Waals surface area contributed by atoms with Gasteiger partial charge in [-0.2, -0.15) is 0 Å². The predicted octanol–water partition coefficient (Wildman–Crippen LogP) is 4.31. The van der Waals surface area contributed by atoms with Crippen molar-refractivity contribution in [3.05, 3.63) is 33.3 Å². The van der Waals surface area contributed by atoms with Gasteiger partial charge in [-0.3, -0.25) is 0 Å². The van der Waals surface area contributed by atoms with Gasteiger partial charge in [0.05, 0.1) is 0 Å². The van der Waals surface area contributed by atoms with Crippen LogP contribution in [0.5, 0.6) is 0 Å². The molecule has 0 radical (unpaired) electrons. The summed E-state index contributed by atoms with van der Waals surface area (Å²) >= 11 is 11.6. The van der Waals surface area contributed by atoms with E-state index in [-0.39, 0.29) is 0 Å². The molecule has 0 saturated carbocycles. The van der Waals surface area contributed by atoms with Crippen molar-refractivity contribution in [1.82, 2.24) is 0 Å². The van der Waals surface area contributed by atoms with Crippen LogP contribution in [0.15, 0.2) is 12.1 Å². The van der Waals surface area contributed by atoms with Crippen molar-refractivity contribution in [3.63, 3.8) is 0 Å². The van der Waals surface area contributed by atoms with Gasteiger partial charge < -0.3 is 0 Å². The Balaban J connectivity index is 0.000000671. The number of halogens is 2. The number of rotatable bonds is 0. The molecule has 0 unspecified atom stereocenters. The van der Waals surface area contributed by atoms with Crippen molar-refractivity contribution in [3.8, 4) is 12.3 Å². The van der Waals surface area contributed by atoms with Crippen molar-refractivity contribution in [2.45, 2.75) is 20.8 Å². The minimum absolute atomic E-state index is 0.616. The normalized spacial score (nSPS) is 8.31. The molecule has 0 N–H and O–H groups in total. The van der Waals surface area contributed by atoms with Gasteiger partial charge in [0.1, 0.15) is 0 Å². The Morgan fingerprint density at radius 3 is 1.85 bits per heavy atom. The topological polar surface area (TPSA) is 0 Å². The molecular weight excluding hydrogens is 203 g/mol. The highest BCUT2D eigenvalue weighted by Crippen LogP contribution is 2.24. The summed E-state index contributed by atoms with van der Waals surface area (Å²) in [6.07, 6.45) is 5.17. The molecule has 1 rings (SSSR count). The van der Waals surface area contributed by atoms with E-state index in [0.717, 1.165) is 5.56 Å². The fourth-order valence-corrected chi connectivity index (χ4v) is 1.22. The quantitative estimate of drug-likeness (QED) is 0.565. The molecule has 0 aliphatic heterocycles. The maximum absolute atomic E-state index is 5.82. The van der Waals surface area contributed by atoms with E-state index in [0.29, 0.717) is 15.6 Å². The first-order chi connectivity index (χ1) is 6.15. The standard InChI is InChI=1S/C9H6Cl2.C2H6/c1-3-7-4-8(10)6(2)9(11)5-7;1-2/h1,4-5H,2H3;1-2H3. The molecule has 0 fully saturated rings. The van der Waals surface area contributed by atoms with E-state index in [1.807, 2.05) is 20.8 Å². The van der Waals surface area contributed by atoms with Crippen molar-refractivity contribution < 1.29 is 0 Å². The highest BCUT2D eigenvalue weighted by Gasteiger charge is 2.01. The molecule has 0 aliphatic carbocycles. The van der Waals surface area contributed by atoms with Gasteiger partial charge in [0, 0.05) is 15.6 Å². The van der Waals surface area contributed by atoms with Crippen LogP contribution in [0.25, 0.3) is 0 Å². The molecular formula is C11H12Cl2. The van der Waals surface area contributed by atoms with Crippen LogP contribution in [0.1, 0.15) is 25.0 Å². The van der Waals surface area contributed by atoms with E-state index in [9.17, 15) is 0 Å². The Morgan fingerprint density at radius 1 is 1.15 bits per heavy atom. The van der Waals surface area contributed by atoms with Crippen molar-refractivity contribution in [1.29, 1.82) is 0 Å². The SMILES string of the molecule is C#Cc1cc(Cl)c(C)c(Cl)c1.CC. The summed E-state index contributed by atoms with van der Waals surface area (Å²) in [5.41, 5.74) is 1.58. The van der Waals surface area contributed by atoms with E-state index in [1.54, 1.807) is 12.1 Å². The second-order valence-electron chi connectivity index (χ2n) is 2.21. The number of hydrogen-bond acceptors (Lipinski definition) is 0. The smallest absolute Gasteiger partial charge is 0.0462 e. The van der Waals surface area contributed by atoms with Crippen LogP contribution >= 0.6 is 23.2 Å². The molecule has 0 spiro atoms. The maximum Gasteiger partial charge on any atom is 0.0462 e. The molecule has 0 amide bonds. The zero-order valence-corrected chi connectivity index (χ0v) is 9.50. The van der Waals surface area contributed by atoms with Crippen LogP contribution in [-0.2, 0) is 0 Å². The van der Waals surface area contributed by atoms with E-state index < -0.39 is 0 Å². The van der Waals surface area contributed by atoms with Gasteiger partial charge in [0.25, 0.3) is 0 Å². The van der Waals surface area contributed by atoms with Gasteiger partial charge >= 0.3 is 0 Å². The Kier molecular flexibility index (Phi) is 5.62. The number of terminal acetylenes is 1. The largest absolute Gasteiger partial charge is 0.115 e. The molecule has 0 aromatic heterocycles. The molecule has 0 bridgehead atoms. The van der Waals surface area contributed by atoms with E-state index >= 15 is 0 Å². The molecule has 1 aromatic rings. The second-order valence-corrected chi connectivity index (χ2v) is 3.02. The van der Waals surface area contributed by atoms with E-state index in [2.05, 4.69) is 5.92 Å². The van der Waals surface area contributed by atoms with Crippen LogP contribution in [0.3, 0.4) is 0 Å². The lowest BCUT2D eigenvalue weighted by Gasteiger charge is -2.00. The summed E-state index contributed by atoms with van der Waals surface area (Å²) < 4.78 is 0. The highest BCUT2D eigenvalue weighted by molar-refractivity contribution is 6.36. The zero-order chi connectivity index (χ0) is 10.4. The molecule has 0 nitrogen and oxygen atoms in total. The minimum Gasteiger partial charge on any atom is -0.115 e. The lowest BCUT2D eigenvalue weighted by atomic mass is 10.1. The molecule has 0 atom stereocenters. The first-order valence-electron chi connectivity index (χ1n) is 4.07. The summed E-state index contributed by atoms with van der Waals surface area (Å²) in [5.74, 6) is 2.47. The molecule has 0 heterocycles. The monoisotopic (exact) mass is 214 g/mol. The van der Waals surface area contributed by atoms with Crippen LogP contribution in [0, 0.1) is 19.3 Å². The van der Waals surface area contributed by atoms with Crippen molar-refractivity contribution in [2.75, 3.05) is 0 Å². The van der Waals surface area contributed by atoms with Crippen molar-refractivity contribution >= 4 is 23.2 Å². The number of hydrogen-bond donors (Lipinski definition) is 0. The summed E-state index contributed by atoms with van der Waals surface area (Å²) in [7, 11) is 0. The first-order valence-corrected chi connectivity index (χ1v) is 4.83. The van der Waals surface area contributed by atoms with Crippen LogP contribution in [-0.4, -0.2) is 0 Å². The zero-order valence-electron chi connectivity index (χ0n) is 7.99. The molecule has 0 aliphatic rings. The predicted molar refractivity (Wildman–Crippen MR) is 60.5 cm³/mol. The average Bonchev–Trinajstić information content (AvgIpc) is 2.16. The van der Waals surface area contributed by atoms with Gasteiger partial charge in [0.2, 0.25) is 0 Å². The maximum atomic E-state index is 5.82. The Hall–Kier alpha value is -0.640. The van der Waals surface area contributed by atoms with Crippen LogP contribution in [0.4, 0.5) is 0 Å². The summed E-state index contributed by atoms with van der Waals surface area (Å²) in [5, 5.41) is 1.23. The highest BCUT2D eigenvalue weighted by atomic mass is 35.5. The van der Waals surface area contributed by atoms with Gasteiger partial charge in [-0.1, -0.05) is 43.0 Å². The third-order valence-electron chi connectivity index (χ3n) is 1.45. The van der Waals surface area contributed by atoms with Crippen molar-refractivity contribution in [2.24, 2.45) is 0 Å². The number of benzene rings is 1. The first kappa shape index (κ1) is 12.4. The lowest BCUT2D eigenvalue weighted by Crippen LogP contribution is -1.80. The second kappa shape index (κ2) is 5.91. The molecule has 70 valence electrons.